The van der Waals surface area contributed by atoms with Gasteiger partial charge in [0.15, 0.2) is 6.10 Å². The molecule has 118 valence electrons. The van der Waals surface area contributed by atoms with E-state index in [1.54, 1.807) is 11.8 Å². The number of para-hydroxylation sites is 2. The number of piperazine rings is 1. The van der Waals surface area contributed by atoms with Gasteiger partial charge < -0.3 is 19.9 Å². The summed E-state index contributed by atoms with van der Waals surface area (Å²) in [5.74, 6) is 0.710. The molecule has 22 heavy (non-hydrogen) atoms. The second-order valence-electron chi connectivity index (χ2n) is 5.60. The van der Waals surface area contributed by atoms with E-state index < -0.39 is 6.10 Å². The highest BCUT2D eigenvalue weighted by atomic mass is 16.5. The van der Waals surface area contributed by atoms with E-state index >= 15 is 0 Å². The van der Waals surface area contributed by atoms with Crippen LogP contribution in [0.25, 0.3) is 0 Å². The molecule has 1 saturated heterocycles. The average molecular weight is 303 g/mol. The van der Waals surface area contributed by atoms with Crippen molar-refractivity contribution in [2.45, 2.75) is 19.4 Å². The molecule has 1 atom stereocenters. The van der Waals surface area contributed by atoms with Crippen LogP contribution < -0.4 is 15.0 Å². The molecule has 0 aliphatic carbocycles. The maximum absolute atomic E-state index is 12.3. The lowest BCUT2D eigenvalue weighted by molar-refractivity contribution is -0.131. The van der Waals surface area contributed by atoms with E-state index in [4.69, 9.17) is 4.74 Å². The Kier molecular flexibility index (Phi) is 4.29. The Morgan fingerprint density at radius 3 is 2.82 bits per heavy atom. The third kappa shape index (κ3) is 2.92. The molecule has 1 aromatic rings. The molecule has 0 radical (unpaired) electrons. The van der Waals surface area contributed by atoms with Crippen molar-refractivity contribution in [3.8, 4) is 5.75 Å². The first-order valence-corrected chi connectivity index (χ1v) is 7.72. The van der Waals surface area contributed by atoms with Crippen molar-refractivity contribution in [3.05, 3.63) is 24.3 Å². The van der Waals surface area contributed by atoms with Crippen LogP contribution in [0.5, 0.6) is 5.75 Å². The van der Waals surface area contributed by atoms with Crippen LogP contribution in [0.3, 0.4) is 0 Å². The highest BCUT2D eigenvalue weighted by Crippen LogP contribution is 2.33. The Balaban J connectivity index is 1.68. The zero-order valence-electron chi connectivity index (χ0n) is 12.7. The van der Waals surface area contributed by atoms with Gasteiger partial charge in [0.1, 0.15) is 5.75 Å². The van der Waals surface area contributed by atoms with E-state index in [1.165, 1.54) is 0 Å². The Morgan fingerprint density at radius 1 is 1.32 bits per heavy atom. The van der Waals surface area contributed by atoms with Crippen LogP contribution in [0.15, 0.2) is 24.3 Å². The molecule has 1 fully saturated rings. The molecule has 1 unspecified atom stereocenters. The third-order valence-electron chi connectivity index (χ3n) is 4.09. The number of fused-ring (bicyclic) bond motifs is 1. The van der Waals surface area contributed by atoms with Crippen LogP contribution in [0.1, 0.15) is 13.3 Å². The summed E-state index contributed by atoms with van der Waals surface area (Å²) < 4.78 is 5.60. The number of rotatable bonds is 3. The minimum Gasteiger partial charge on any atom is -0.479 e. The molecule has 2 aliphatic rings. The zero-order chi connectivity index (χ0) is 15.5. The largest absolute Gasteiger partial charge is 0.479 e. The second-order valence-corrected chi connectivity index (χ2v) is 5.60. The highest BCUT2D eigenvalue weighted by Gasteiger charge is 2.31. The highest BCUT2D eigenvalue weighted by molar-refractivity contribution is 6.00. The van der Waals surface area contributed by atoms with Gasteiger partial charge in [0.25, 0.3) is 5.91 Å². The number of hydrogen-bond acceptors (Lipinski definition) is 4. The van der Waals surface area contributed by atoms with Gasteiger partial charge in [-0.25, -0.2) is 0 Å². The maximum Gasteiger partial charge on any atom is 0.267 e. The van der Waals surface area contributed by atoms with Crippen molar-refractivity contribution >= 4 is 17.5 Å². The number of carbonyl (C=O) groups excluding carboxylic acids is 2. The fourth-order valence-corrected chi connectivity index (χ4v) is 2.87. The topological polar surface area (TPSA) is 61.9 Å². The monoisotopic (exact) mass is 303 g/mol. The predicted octanol–water partition coefficient (Wildman–Crippen LogP) is 0.622. The minimum absolute atomic E-state index is 0.0909. The van der Waals surface area contributed by atoms with Gasteiger partial charge in [-0.1, -0.05) is 12.1 Å². The van der Waals surface area contributed by atoms with E-state index in [0.717, 1.165) is 31.9 Å². The molecule has 1 aromatic carbocycles. The summed E-state index contributed by atoms with van der Waals surface area (Å²) in [5.41, 5.74) is 0.749. The average Bonchev–Trinajstić information content (AvgIpc) is 2.56. The molecule has 1 N–H and O–H groups in total. The Bertz CT molecular complexity index is 570. The van der Waals surface area contributed by atoms with E-state index in [0.29, 0.717) is 18.7 Å². The first-order chi connectivity index (χ1) is 10.7. The van der Waals surface area contributed by atoms with Crippen molar-refractivity contribution in [1.82, 2.24) is 10.2 Å². The molecule has 6 nitrogen and oxygen atoms in total. The number of amides is 2. The summed E-state index contributed by atoms with van der Waals surface area (Å²) in [7, 11) is 0. The smallest absolute Gasteiger partial charge is 0.267 e. The standard InChI is InChI=1S/C16H21N3O3/c1-12-16(21)19(13-4-2-3-5-14(13)22-12)9-6-15(20)18-10-7-17-8-11-18/h2-5,12,17H,6-11H2,1H3. The SMILES string of the molecule is CC1Oc2ccccc2N(CCC(=O)N2CCNCC2)C1=O. The van der Waals surface area contributed by atoms with Gasteiger partial charge in [-0.2, -0.15) is 0 Å². The van der Waals surface area contributed by atoms with Gasteiger partial charge in [0.05, 0.1) is 5.69 Å². The zero-order valence-corrected chi connectivity index (χ0v) is 12.7. The molecule has 0 bridgehead atoms. The van der Waals surface area contributed by atoms with Crippen molar-refractivity contribution in [1.29, 1.82) is 0 Å². The predicted molar refractivity (Wildman–Crippen MR) is 83.0 cm³/mol. The molecule has 2 amide bonds. The second kappa shape index (κ2) is 6.36. The summed E-state index contributed by atoms with van der Waals surface area (Å²) in [6.45, 7) is 5.28. The molecular formula is C16H21N3O3. The summed E-state index contributed by atoms with van der Waals surface area (Å²) in [6, 6.07) is 7.46. The molecule has 6 heteroatoms. The minimum atomic E-state index is -0.510. The van der Waals surface area contributed by atoms with E-state index in [-0.39, 0.29) is 11.8 Å². The van der Waals surface area contributed by atoms with Gasteiger partial charge in [-0.15, -0.1) is 0 Å². The molecular weight excluding hydrogens is 282 g/mol. The lowest BCUT2D eigenvalue weighted by atomic mass is 10.1. The van der Waals surface area contributed by atoms with Crippen molar-refractivity contribution in [2.24, 2.45) is 0 Å². The third-order valence-corrected chi connectivity index (χ3v) is 4.09. The van der Waals surface area contributed by atoms with Crippen LogP contribution in [0.2, 0.25) is 0 Å². The molecule has 3 rings (SSSR count). The number of nitrogens with zero attached hydrogens (tertiary/aromatic N) is 2. The van der Waals surface area contributed by atoms with Crippen LogP contribution >= 0.6 is 0 Å². The summed E-state index contributed by atoms with van der Waals surface area (Å²) in [6.07, 6.45) is -0.170. The van der Waals surface area contributed by atoms with E-state index in [9.17, 15) is 9.59 Å². The number of carbonyl (C=O) groups is 2. The molecule has 0 aromatic heterocycles. The van der Waals surface area contributed by atoms with E-state index in [1.807, 2.05) is 29.2 Å². The fraction of sp³-hybridized carbons (Fsp3) is 0.500. The summed E-state index contributed by atoms with van der Waals surface area (Å²) in [5, 5.41) is 3.23. The van der Waals surface area contributed by atoms with Gasteiger partial charge in [-0.3, -0.25) is 9.59 Å². The summed E-state index contributed by atoms with van der Waals surface area (Å²) >= 11 is 0. The van der Waals surface area contributed by atoms with Crippen LogP contribution in [0.4, 0.5) is 5.69 Å². The van der Waals surface area contributed by atoms with Gasteiger partial charge in [0.2, 0.25) is 5.91 Å². The van der Waals surface area contributed by atoms with Crippen LogP contribution in [0, 0.1) is 0 Å². The first kappa shape index (κ1) is 14.8. The lowest BCUT2D eigenvalue weighted by Gasteiger charge is -2.33. The Hall–Kier alpha value is -2.08. The molecule has 2 heterocycles. The van der Waals surface area contributed by atoms with Crippen LogP contribution in [-0.4, -0.2) is 55.5 Å². The van der Waals surface area contributed by atoms with Gasteiger partial charge in [0, 0.05) is 39.1 Å². The normalized spacial score (nSPS) is 21.3. The number of anilines is 1. The number of benzene rings is 1. The number of ether oxygens (including phenoxy) is 1. The Morgan fingerprint density at radius 2 is 2.05 bits per heavy atom. The maximum atomic E-state index is 12.3. The Labute approximate surface area is 130 Å². The molecule has 0 spiro atoms. The number of hydrogen-bond donors (Lipinski definition) is 1. The van der Waals surface area contributed by atoms with Gasteiger partial charge in [-0.05, 0) is 19.1 Å². The number of nitrogens with one attached hydrogen (secondary N) is 1. The van der Waals surface area contributed by atoms with Crippen LogP contribution in [-0.2, 0) is 9.59 Å². The molecule has 0 saturated carbocycles. The van der Waals surface area contributed by atoms with Gasteiger partial charge >= 0.3 is 0 Å². The molecule has 2 aliphatic heterocycles. The van der Waals surface area contributed by atoms with Crippen molar-refractivity contribution in [2.75, 3.05) is 37.6 Å². The first-order valence-electron chi connectivity index (χ1n) is 7.72. The quantitative estimate of drug-likeness (QED) is 0.889. The van der Waals surface area contributed by atoms with Crippen molar-refractivity contribution < 1.29 is 14.3 Å². The summed E-state index contributed by atoms with van der Waals surface area (Å²) in [4.78, 5) is 28.1. The van der Waals surface area contributed by atoms with Crippen molar-refractivity contribution in [3.63, 3.8) is 0 Å². The fourth-order valence-electron chi connectivity index (χ4n) is 2.87. The van der Waals surface area contributed by atoms with E-state index in [2.05, 4.69) is 5.32 Å². The lowest BCUT2D eigenvalue weighted by Crippen LogP contribution is -2.49.